The zero-order chi connectivity index (χ0) is 16.3. The van der Waals surface area contributed by atoms with Crippen LogP contribution in [0.4, 0.5) is 8.78 Å². The zero-order valence-corrected chi connectivity index (χ0v) is 13.3. The SMILES string of the molecule is CCOC(=O)c1oc(-c2ccc(OC(F)F)c(Br)c2)nc1C. The van der Waals surface area contributed by atoms with E-state index in [-0.39, 0.29) is 24.0 Å². The molecule has 0 N–H and O–H groups in total. The van der Waals surface area contributed by atoms with Crippen molar-refractivity contribution in [2.75, 3.05) is 6.61 Å². The Labute approximate surface area is 133 Å². The summed E-state index contributed by atoms with van der Waals surface area (Å²) in [6.45, 7) is 0.604. The fourth-order valence-electron chi connectivity index (χ4n) is 1.73. The molecule has 8 heteroatoms. The van der Waals surface area contributed by atoms with Gasteiger partial charge in [-0.25, -0.2) is 9.78 Å². The van der Waals surface area contributed by atoms with Crippen molar-refractivity contribution in [2.24, 2.45) is 0 Å². The Balaban J connectivity index is 2.31. The van der Waals surface area contributed by atoms with Crippen molar-refractivity contribution in [1.82, 2.24) is 4.98 Å². The molecule has 2 rings (SSSR count). The lowest BCUT2D eigenvalue weighted by molar-refractivity contribution is -0.0503. The molecule has 0 aliphatic carbocycles. The van der Waals surface area contributed by atoms with E-state index in [9.17, 15) is 13.6 Å². The van der Waals surface area contributed by atoms with E-state index in [0.717, 1.165) is 0 Å². The van der Waals surface area contributed by atoms with Crippen LogP contribution in [0.1, 0.15) is 23.2 Å². The minimum atomic E-state index is -2.92. The van der Waals surface area contributed by atoms with Gasteiger partial charge in [-0.05, 0) is 48.0 Å². The quantitative estimate of drug-likeness (QED) is 0.733. The highest BCUT2D eigenvalue weighted by Crippen LogP contribution is 2.32. The van der Waals surface area contributed by atoms with Gasteiger partial charge in [-0.3, -0.25) is 0 Å². The van der Waals surface area contributed by atoms with E-state index in [1.165, 1.54) is 18.2 Å². The lowest BCUT2D eigenvalue weighted by Gasteiger charge is -2.07. The topological polar surface area (TPSA) is 61.6 Å². The van der Waals surface area contributed by atoms with Gasteiger partial charge in [0.25, 0.3) is 0 Å². The minimum Gasteiger partial charge on any atom is -0.460 e. The van der Waals surface area contributed by atoms with Gasteiger partial charge >= 0.3 is 12.6 Å². The molecule has 5 nitrogen and oxygen atoms in total. The fraction of sp³-hybridized carbons (Fsp3) is 0.286. The number of aryl methyl sites for hydroxylation is 1. The molecule has 0 amide bonds. The first-order chi connectivity index (χ1) is 10.4. The number of ether oxygens (including phenoxy) is 2. The summed E-state index contributed by atoms with van der Waals surface area (Å²) >= 11 is 3.13. The molecule has 0 fully saturated rings. The number of hydrogen-bond donors (Lipinski definition) is 0. The smallest absolute Gasteiger partial charge is 0.387 e. The van der Waals surface area contributed by atoms with Crippen LogP contribution >= 0.6 is 15.9 Å². The normalized spacial score (nSPS) is 10.8. The predicted molar refractivity (Wildman–Crippen MR) is 77.0 cm³/mol. The van der Waals surface area contributed by atoms with Gasteiger partial charge in [-0.2, -0.15) is 8.78 Å². The van der Waals surface area contributed by atoms with Gasteiger partial charge in [0.1, 0.15) is 5.75 Å². The first kappa shape index (κ1) is 16.4. The minimum absolute atomic E-state index is 0.00681. The Morgan fingerprint density at radius 3 is 2.77 bits per heavy atom. The lowest BCUT2D eigenvalue weighted by Crippen LogP contribution is -2.04. The van der Waals surface area contributed by atoms with Crippen molar-refractivity contribution in [3.05, 3.63) is 34.1 Å². The number of rotatable bonds is 5. The van der Waals surface area contributed by atoms with Crippen molar-refractivity contribution in [3.8, 4) is 17.2 Å². The van der Waals surface area contributed by atoms with Gasteiger partial charge < -0.3 is 13.9 Å². The van der Waals surface area contributed by atoms with Crippen LogP contribution in [0, 0.1) is 6.92 Å². The maximum absolute atomic E-state index is 12.2. The molecular formula is C14H12BrF2NO4. The Bertz CT molecular complexity index is 687. The number of oxazole rings is 1. The number of aromatic nitrogens is 1. The van der Waals surface area contributed by atoms with Crippen molar-refractivity contribution >= 4 is 21.9 Å². The number of hydrogen-bond acceptors (Lipinski definition) is 5. The number of esters is 1. The molecule has 0 saturated heterocycles. The van der Waals surface area contributed by atoms with E-state index in [4.69, 9.17) is 9.15 Å². The van der Waals surface area contributed by atoms with E-state index in [1.54, 1.807) is 13.8 Å². The summed E-state index contributed by atoms with van der Waals surface area (Å²) < 4.78 is 39.3. The molecule has 0 unspecified atom stereocenters. The molecule has 0 atom stereocenters. The van der Waals surface area contributed by atoms with E-state index in [1.807, 2.05) is 0 Å². The molecule has 22 heavy (non-hydrogen) atoms. The standard InChI is InChI=1S/C14H12BrF2NO4/c1-3-20-13(19)11-7(2)18-12(22-11)8-4-5-10(9(15)6-8)21-14(16)17/h4-6,14H,3H2,1-2H3. The van der Waals surface area contributed by atoms with E-state index in [2.05, 4.69) is 25.7 Å². The maximum atomic E-state index is 12.2. The molecule has 1 aromatic heterocycles. The Hall–Kier alpha value is -1.96. The van der Waals surface area contributed by atoms with Crippen LogP contribution < -0.4 is 4.74 Å². The molecule has 1 aromatic carbocycles. The summed E-state index contributed by atoms with van der Waals surface area (Å²) in [5.74, 6) is -0.408. The average Bonchev–Trinajstić information content (AvgIpc) is 2.83. The largest absolute Gasteiger partial charge is 0.460 e. The van der Waals surface area contributed by atoms with Gasteiger partial charge in [-0.1, -0.05) is 0 Å². The summed E-state index contributed by atoms with van der Waals surface area (Å²) in [6, 6.07) is 4.37. The fourth-order valence-corrected chi connectivity index (χ4v) is 2.20. The van der Waals surface area contributed by atoms with Crippen LogP contribution in [-0.4, -0.2) is 24.2 Å². The monoisotopic (exact) mass is 375 g/mol. The van der Waals surface area contributed by atoms with E-state index < -0.39 is 12.6 Å². The molecule has 0 aliphatic rings. The Kier molecular flexibility index (Phi) is 5.12. The Morgan fingerprint density at radius 1 is 1.45 bits per heavy atom. The van der Waals surface area contributed by atoms with Crippen molar-refractivity contribution in [1.29, 1.82) is 0 Å². The highest BCUT2D eigenvalue weighted by atomic mass is 79.9. The lowest BCUT2D eigenvalue weighted by atomic mass is 10.2. The van der Waals surface area contributed by atoms with Crippen LogP contribution in [0.15, 0.2) is 27.1 Å². The first-order valence-corrected chi connectivity index (χ1v) is 7.11. The van der Waals surface area contributed by atoms with Gasteiger partial charge in [0.2, 0.25) is 11.7 Å². The third kappa shape index (κ3) is 3.62. The van der Waals surface area contributed by atoms with Crippen molar-refractivity contribution in [3.63, 3.8) is 0 Å². The van der Waals surface area contributed by atoms with Crippen LogP contribution in [-0.2, 0) is 4.74 Å². The highest BCUT2D eigenvalue weighted by Gasteiger charge is 2.20. The molecule has 0 aliphatic heterocycles. The Morgan fingerprint density at radius 2 is 2.18 bits per heavy atom. The number of nitrogens with zero attached hydrogens (tertiary/aromatic N) is 1. The second kappa shape index (κ2) is 6.87. The number of alkyl halides is 2. The van der Waals surface area contributed by atoms with Crippen LogP contribution in [0.5, 0.6) is 5.75 Å². The number of halogens is 3. The van der Waals surface area contributed by atoms with Gasteiger partial charge in [0.05, 0.1) is 16.8 Å². The molecule has 0 spiro atoms. The van der Waals surface area contributed by atoms with Crippen LogP contribution in [0.3, 0.4) is 0 Å². The summed E-state index contributed by atoms with van der Waals surface area (Å²) in [5, 5.41) is 0. The van der Waals surface area contributed by atoms with Crippen LogP contribution in [0.2, 0.25) is 0 Å². The molecule has 118 valence electrons. The van der Waals surface area contributed by atoms with Crippen molar-refractivity contribution in [2.45, 2.75) is 20.5 Å². The van der Waals surface area contributed by atoms with E-state index in [0.29, 0.717) is 15.7 Å². The van der Waals surface area contributed by atoms with Gasteiger partial charge in [0, 0.05) is 5.56 Å². The molecule has 0 radical (unpaired) electrons. The first-order valence-electron chi connectivity index (χ1n) is 6.31. The third-order valence-electron chi connectivity index (χ3n) is 2.65. The molecule has 0 bridgehead atoms. The maximum Gasteiger partial charge on any atom is 0.387 e. The van der Waals surface area contributed by atoms with Gasteiger partial charge in [0.15, 0.2) is 0 Å². The molecule has 2 aromatic rings. The second-order valence-corrected chi connectivity index (χ2v) is 5.03. The highest BCUT2D eigenvalue weighted by molar-refractivity contribution is 9.10. The molecular weight excluding hydrogens is 364 g/mol. The van der Waals surface area contributed by atoms with Crippen LogP contribution in [0.25, 0.3) is 11.5 Å². The van der Waals surface area contributed by atoms with Crippen molar-refractivity contribution < 1.29 is 27.5 Å². The summed E-state index contributed by atoms with van der Waals surface area (Å²) in [7, 11) is 0. The number of carbonyl (C=O) groups is 1. The van der Waals surface area contributed by atoms with Gasteiger partial charge in [-0.15, -0.1) is 0 Å². The number of carbonyl (C=O) groups excluding carboxylic acids is 1. The average molecular weight is 376 g/mol. The third-order valence-corrected chi connectivity index (χ3v) is 3.27. The summed E-state index contributed by atoms with van der Waals surface area (Å²) in [6.07, 6.45) is 0. The summed E-state index contributed by atoms with van der Waals surface area (Å²) in [5.41, 5.74) is 0.893. The molecule has 1 heterocycles. The number of benzene rings is 1. The second-order valence-electron chi connectivity index (χ2n) is 4.18. The zero-order valence-electron chi connectivity index (χ0n) is 11.7. The summed E-state index contributed by atoms with van der Waals surface area (Å²) in [4.78, 5) is 15.8. The molecule has 0 saturated carbocycles. The van der Waals surface area contributed by atoms with E-state index >= 15 is 0 Å². The predicted octanol–water partition coefficient (Wildman–Crippen LogP) is 4.19.